The zero-order valence-electron chi connectivity index (χ0n) is 10.8. The van der Waals surface area contributed by atoms with Gasteiger partial charge in [-0.3, -0.25) is 5.43 Å². The summed E-state index contributed by atoms with van der Waals surface area (Å²) < 4.78 is 1.07. The zero-order valence-corrected chi connectivity index (χ0v) is 11.7. The zero-order chi connectivity index (χ0) is 13.1. The minimum atomic E-state index is 0.542. The Hall–Kier alpha value is -1.75. The van der Waals surface area contributed by atoms with Crippen LogP contribution in [0, 0.1) is 12.8 Å². The number of anilines is 1. The van der Waals surface area contributed by atoms with Gasteiger partial charge in [0.25, 0.3) is 0 Å². The molecule has 2 aromatic heterocycles. The number of allylic oxidation sites excluding steroid dienone is 2. The van der Waals surface area contributed by atoms with Gasteiger partial charge in [-0.25, -0.2) is 9.97 Å². The summed E-state index contributed by atoms with van der Waals surface area (Å²) >= 11 is 1.65. The Bertz CT molecular complexity index is 629. The molecule has 1 unspecified atom stereocenters. The second-order valence-electron chi connectivity index (χ2n) is 4.75. The summed E-state index contributed by atoms with van der Waals surface area (Å²) in [6.45, 7) is 2.06. The second kappa shape index (κ2) is 5.48. The molecule has 2 aromatic rings. The van der Waals surface area contributed by atoms with Gasteiger partial charge < -0.3 is 0 Å². The van der Waals surface area contributed by atoms with Crippen LogP contribution in [0.3, 0.4) is 0 Å². The van der Waals surface area contributed by atoms with Crippen LogP contribution in [-0.4, -0.2) is 16.2 Å². The van der Waals surface area contributed by atoms with Gasteiger partial charge in [-0.15, -0.1) is 11.3 Å². The molecule has 1 aliphatic rings. The summed E-state index contributed by atoms with van der Waals surface area (Å²) in [6, 6.07) is 0. The Morgan fingerprint density at radius 1 is 1.42 bits per heavy atom. The first-order valence-electron chi connectivity index (χ1n) is 6.47. The van der Waals surface area contributed by atoms with Crippen molar-refractivity contribution in [1.29, 1.82) is 0 Å². The van der Waals surface area contributed by atoms with Crippen molar-refractivity contribution in [3.63, 3.8) is 0 Å². The standard InChI is InChI=1S/C14H16N4S/c1-10-8-19-13-12(10)15-9-16-14(13)18-17-7-11-5-3-2-4-6-11/h2-3,7-9,11H,4-6H2,1H3,(H,15,16,18). The Kier molecular flexibility index (Phi) is 3.55. The quantitative estimate of drug-likeness (QED) is 0.526. The average Bonchev–Trinajstić information content (AvgIpc) is 2.83. The summed E-state index contributed by atoms with van der Waals surface area (Å²) in [5.74, 6) is 1.34. The summed E-state index contributed by atoms with van der Waals surface area (Å²) in [5, 5.41) is 6.43. The largest absolute Gasteiger partial charge is 0.260 e. The fourth-order valence-electron chi connectivity index (χ4n) is 2.21. The highest BCUT2D eigenvalue weighted by Crippen LogP contribution is 2.28. The SMILES string of the molecule is Cc1csc2c(NN=CC3CC=CCC3)ncnc12. The highest BCUT2D eigenvalue weighted by molar-refractivity contribution is 7.18. The molecule has 1 N–H and O–H groups in total. The Balaban J connectivity index is 1.74. The molecule has 19 heavy (non-hydrogen) atoms. The number of rotatable bonds is 3. The molecule has 0 aliphatic heterocycles. The lowest BCUT2D eigenvalue weighted by molar-refractivity contribution is 0.627. The first kappa shape index (κ1) is 12.3. The third kappa shape index (κ3) is 2.66. The molecule has 4 nitrogen and oxygen atoms in total. The molecule has 2 heterocycles. The summed E-state index contributed by atoms with van der Waals surface area (Å²) in [4.78, 5) is 8.56. The molecule has 0 saturated heterocycles. The number of fused-ring (bicyclic) bond motifs is 1. The highest BCUT2D eigenvalue weighted by atomic mass is 32.1. The molecule has 0 spiro atoms. The van der Waals surface area contributed by atoms with Crippen molar-refractivity contribution in [2.75, 3.05) is 5.43 Å². The van der Waals surface area contributed by atoms with Crippen LogP contribution in [0.4, 0.5) is 5.82 Å². The van der Waals surface area contributed by atoms with Crippen LogP contribution in [-0.2, 0) is 0 Å². The molecular weight excluding hydrogens is 256 g/mol. The van der Waals surface area contributed by atoms with Gasteiger partial charge >= 0.3 is 0 Å². The van der Waals surface area contributed by atoms with Crippen molar-refractivity contribution in [1.82, 2.24) is 9.97 Å². The van der Waals surface area contributed by atoms with E-state index in [9.17, 15) is 0 Å². The Labute approximate surface area is 116 Å². The maximum Gasteiger partial charge on any atom is 0.167 e. The molecule has 0 amide bonds. The molecule has 0 saturated carbocycles. The van der Waals surface area contributed by atoms with Crippen LogP contribution >= 0.6 is 11.3 Å². The van der Waals surface area contributed by atoms with E-state index in [1.807, 2.05) is 6.21 Å². The topological polar surface area (TPSA) is 50.2 Å². The number of hydrogen-bond acceptors (Lipinski definition) is 5. The lowest BCUT2D eigenvalue weighted by Crippen LogP contribution is -2.05. The van der Waals surface area contributed by atoms with Crippen LogP contribution in [0.1, 0.15) is 24.8 Å². The normalized spacial score (nSPS) is 19.3. The monoisotopic (exact) mass is 272 g/mol. The molecule has 0 radical (unpaired) electrons. The number of aryl methyl sites for hydroxylation is 1. The van der Waals surface area contributed by atoms with E-state index >= 15 is 0 Å². The van der Waals surface area contributed by atoms with Crippen molar-refractivity contribution in [3.05, 3.63) is 29.4 Å². The molecule has 98 valence electrons. The molecule has 5 heteroatoms. The Morgan fingerprint density at radius 3 is 3.21 bits per heavy atom. The van der Waals surface area contributed by atoms with E-state index in [0.717, 1.165) is 28.9 Å². The number of aromatic nitrogens is 2. The maximum atomic E-state index is 4.33. The van der Waals surface area contributed by atoms with Gasteiger partial charge in [0.1, 0.15) is 6.33 Å². The van der Waals surface area contributed by atoms with Crippen molar-refractivity contribution < 1.29 is 0 Å². The average molecular weight is 272 g/mol. The fourth-order valence-corrected chi connectivity index (χ4v) is 3.15. The molecule has 0 fully saturated rings. The summed E-state index contributed by atoms with van der Waals surface area (Å²) in [5.41, 5.74) is 5.25. The molecule has 1 aliphatic carbocycles. The van der Waals surface area contributed by atoms with Crippen molar-refractivity contribution in [2.24, 2.45) is 11.0 Å². The van der Waals surface area contributed by atoms with E-state index in [1.54, 1.807) is 17.7 Å². The van der Waals surface area contributed by atoms with E-state index in [4.69, 9.17) is 0 Å². The fraction of sp³-hybridized carbons (Fsp3) is 0.357. The van der Waals surface area contributed by atoms with E-state index in [1.165, 1.54) is 12.0 Å². The van der Waals surface area contributed by atoms with Crippen LogP contribution in [0.15, 0.2) is 29.0 Å². The van der Waals surface area contributed by atoms with Gasteiger partial charge in [0, 0.05) is 6.21 Å². The van der Waals surface area contributed by atoms with Gasteiger partial charge in [-0.05, 0) is 43.0 Å². The summed E-state index contributed by atoms with van der Waals surface area (Å²) in [7, 11) is 0. The molecule has 0 bridgehead atoms. The lowest BCUT2D eigenvalue weighted by atomic mass is 9.96. The van der Waals surface area contributed by atoms with E-state index in [2.05, 4.69) is 45.0 Å². The first-order chi connectivity index (χ1) is 9.34. The second-order valence-corrected chi connectivity index (χ2v) is 5.63. The van der Waals surface area contributed by atoms with Crippen LogP contribution in [0.5, 0.6) is 0 Å². The number of hydrogen-bond donors (Lipinski definition) is 1. The van der Waals surface area contributed by atoms with Gasteiger partial charge in [-0.2, -0.15) is 5.10 Å². The van der Waals surface area contributed by atoms with Gasteiger partial charge in [0.05, 0.1) is 10.2 Å². The van der Waals surface area contributed by atoms with Crippen molar-refractivity contribution in [2.45, 2.75) is 26.2 Å². The Morgan fingerprint density at radius 2 is 2.37 bits per heavy atom. The summed E-state index contributed by atoms with van der Waals surface area (Å²) in [6.07, 6.45) is 11.5. The minimum absolute atomic E-state index is 0.542. The predicted octanol–water partition coefficient (Wildman–Crippen LogP) is 3.75. The molecule has 0 aromatic carbocycles. The van der Waals surface area contributed by atoms with Gasteiger partial charge in [0.15, 0.2) is 5.82 Å². The van der Waals surface area contributed by atoms with Crippen molar-refractivity contribution >= 4 is 33.6 Å². The maximum absolute atomic E-state index is 4.33. The lowest BCUT2D eigenvalue weighted by Gasteiger charge is -2.11. The molecule has 1 atom stereocenters. The van der Waals surface area contributed by atoms with E-state index in [-0.39, 0.29) is 0 Å². The third-order valence-electron chi connectivity index (χ3n) is 3.30. The number of nitrogens with zero attached hydrogens (tertiary/aromatic N) is 3. The van der Waals surface area contributed by atoms with Crippen LogP contribution < -0.4 is 5.43 Å². The first-order valence-corrected chi connectivity index (χ1v) is 7.35. The smallest absolute Gasteiger partial charge is 0.167 e. The highest BCUT2D eigenvalue weighted by Gasteiger charge is 2.08. The third-order valence-corrected chi connectivity index (χ3v) is 4.39. The van der Waals surface area contributed by atoms with Crippen LogP contribution in [0.25, 0.3) is 10.2 Å². The van der Waals surface area contributed by atoms with Crippen LogP contribution in [0.2, 0.25) is 0 Å². The van der Waals surface area contributed by atoms with E-state index in [0.29, 0.717) is 5.92 Å². The number of thiophene rings is 1. The molecular formula is C14H16N4S. The number of nitrogens with one attached hydrogen (secondary N) is 1. The van der Waals surface area contributed by atoms with Gasteiger partial charge in [0.2, 0.25) is 0 Å². The van der Waals surface area contributed by atoms with Crippen molar-refractivity contribution in [3.8, 4) is 0 Å². The predicted molar refractivity (Wildman–Crippen MR) is 80.7 cm³/mol. The molecule has 3 rings (SSSR count). The van der Waals surface area contributed by atoms with E-state index < -0.39 is 0 Å². The van der Waals surface area contributed by atoms with Gasteiger partial charge in [-0.1, -0.05) is 12.2 Å². The number of hydrazone groups is 1. The minimum Gasteiger partial charge on any atom is -0.260 e.